The summed E-state index contributed by atoms with van der Waals surface area (Å²) in [5.41, 5.74) is 0. The zero-order valence-corrected chi connectivity index (χ0v) is 9.52. The molecule has 0 aromatic heterocycles. The Kier molecular flexibility index (Phi) is 2.84. The van der Waals surface area contributed by atoms with Crippen LogP contribution < -0.4 is 5.32 Å². The molecule has 4 heteroatoms. The molecule has 1 aliphatic carbocycles. The molecule has 0 radical (unpaired) electrons. The van der Waals surface area contributed by atoms with Gasteiger partial charge in [-0.25, -0.2) is 8.42 Å². The van der Waals surface area contributed by atoms with Gasteiger partial charge in [0.05, 0.1) is 11.5 Å². The van der Waals surface area contributed by atoms with Gasteiger partial charge in [-0.2, -0.15) is 0 Å². The number of rotatable bonds is 2. The van der Waals surface area contributed by atoms with Crippen LogP contribution in [0, 0.1) is 5.92 Å². The van der Waals surface area contributed by atoms with Gasteiger partial charge in [0, 0.05) is 12.1 Å². The fraction of sp³-hybridized carbons (Fsp3) is 1.00. The van der Waals surface area contributed by atoms with E-state index in [1.54, 1.807) is 0 Å². The molecule has 2 rings (SSSR count). The lowest BCUT2D eigenvalue weighted by Gasteiger charge is -2.21. The molecule has 0 bridgehead atoms. The van der Waals surface area contributed by atoms with Crippen molar-refractivity contribution in [3.05, 3.63) is 0 Å². The number of hydrogen-bond acceptors (Lipinski definition) is 3. The van der Waals surface area contributed by atoms with Crippen molar-refractivity contribution in [3.8, 4) is 0 Å². The lowest BCUT2D eigenvalue weighted by molar-refractivity contribution is 0.386. The summed E-state index contributed by atoms with van der Waals surface area (Å²) in [5.74, 6) is 1.46. The van der Waals surface area contributed by atoms with Crippen LogP contribution in [0.25, 0.3) is 0 Å². The van der Waals surface area contributed by atoms with Crippen LogP contribution in [0.3, 0.4) is 0 Å². The lowest BCUT2D eigenvalue weighted by Crippen LogP contribution is -2.40. The fourth-order valence-corrected chi connectivity index (χ4v) is 4.31. The third-order valence-electron chi connectivity index (χ3n) is 3.54. The smallest absolute Gasteiger partial charge is 0.151 e. The quantitative estimate of drug-likeness (QED) is 0.749. The molecule has 3 nitrogen and oxygen atoms in total. The SMILES string of the molecule is C[C@@H]1CCC[C@H]1N[C@H]1CCS(=O)(=O)C1. The standard InChI is InChI=1S/C10H19NO2S/c1-8-3-2-4-10(8)11-9-5-6-14(12,13)7-9/h8-11H,2-7H2,1H3/t8-,9+,10-/m1/s1. The van der Waals surface area contributed by atoms with E-state index in [4.69, 9.17) is 0 Å². The Morgan fingerprint density at radius 3 is 2.50 bits per heavy atom. The van der Waals surface area contributed by atoms with E-state index in [9.17, 15) is 8.42 Å². The highest BCUT2D eigenvalue weighted by Gasteiger charge is 2.32. The lowest BCUT2D eigenvalue weighted by atomic mass is 10.1. The largest absolute Gasteiger partial charge is 0.310 e. The summed E-state index contributed by atoms with van der Waals surface area (Å²) in [6, 6.07) is 0.791. The molecule has 3 atom stereocenters. The second kappa shape index (κ2) is 3.81. The van der Waals surface area contributed by atoms with Crippen LogP contribution in [-0.2, 0) is 9.84 Å². The van der Waals surface area contributed by atoms with Crippen LogP contribution in [-0.4, -0.2) is 32.0 Å². The second-order valence-electron chi connectivity index (χ2n) is 4.78. The highest BCUT2D eigenvalue weighted by molar-refractivity contribution is 7.91. The highest BCUT2D eigenvalue weighted by atomic mass is 32.2. The molecule has 1 saturated carbocycles. The Labute approximate surface area is 86.2 Å². The number of nitrogens with one attached hydrogen (secondary N) is 1. The van der Waals surface area contributed by atoms with Crippen molar-refractivity contribution in [2.75, 3.05) is 11.5 Å². The molecule has 0 spiro atoms. The normalized spacial score (nSPS) is 41.6. The van der Waals surface area contributed by atoms with Gasteiger partial charge < -0.3 is 5.32 Å². The average Bonchev–Trinajstić information content (AvgIpc) is 2.61. The first-order valence-corrected chi connectivity index (χ1v) is 7.35. The molecule has 1 N–H and O–H groups in total. The maximum atomic E-state index is 11.3. The van der Waals surface area contributed by atoms with E-state index in [0.717, 1.165) is 12.3 Å². The molecular formula is C10H19NO2S. The van der Waals surface area contributed by atoms with Crippen molar-refractivity contribution in [2.45, 2.75) is 44.7 Å². The predicted molar refractivity (Wildman–Crippen MR) is 57.0 cm³/mol. The molecule has 0 aromatic rings. The van der Waals surface area contributed by atoms with E-state index >= 15 is 0 Å². The van der Waals surface area contributed by atoms with Crippen LogP contribution in [0.4, 0.5) is 0 Å². The average molecular weight is 217 g/mol. The summed E-state index contributed by atoms with van der Waals surface area (Å²) >= 11 is 0. The molecule has 2 fully saturated rings. The minimum absolute atomic E-state index is 0.227. The van der Waals surface area contributed by atoms with Crippen LogP contribution in [0.2, 0.25) is 0 Å². The third-order valence-corrected chi connectivity index (χ3v) is 5.31. The molecule has 1 saturated heterocycles. The topological polar surface area (TPSA) is 46.2 Å². The van der Waals surface area contributed by atoms with E-state index < -0.39 is 9.84 Å². The van der Waals surface area contributed by atoms with Crippen molar-refractivity contribution in [1.29, 1.82) is 0 Å². The monoisotopic (exact) mass is 217 g/mol. The molecule has 0 amide bonds. The molecule has 0 unspecified atom stereocenters. The minimum Gasteiger partial charge on any atom is -0.310 e. The first kappa shape index (κ1) is 10.4. The highest BCUT2D eigenvalue weighted by Crippen LogP contribution is 2.26. The first-order chi connectivity index (χ1) is 6.57. The summed E-state index contributed by atoms with van der Waals surface area (Å²) < 4.78 is 22.5. The summed E-state index contributed by atoms with van der Waals surface area (Å²) in [6.07, 6.45) is 4.61. The molecule has 82 valence electrons. The van der Waals surface area contributed by atoms with Gasteiger partial charge in [-0.3, -0.25) is 0 Å². The molecule has 1 aliphatic heterocycles. The van der Waals surface area contributed by atoms with Crippen molar-refractivity contribution >= 4 is 9.84 Å². The van der Waals surface area contributed by atoms with Gasteiger partial charge >= 0.3 is 0 Å². The van der Waals surface area contributed by atoms with Crippen LogP contribution >= 0.6 is 0 Å². The van der Waals surface area contributed by atoms with E-state index in [-0.39, 0.29) is 6.04 Å². The number of hydrogen-bond donors (Lipinski definition) is 1. The molecule has 14 heavy (non-hydrogen) atoms. The second-order valence-corrected chi connectivity index (χ2v) is 7.01. The first-order valence-electron chi connectivity index (χ1n) is 5.53. The summed E-state index contributed by atoms with van der Waals surface area (Å²) in [4.78, 5) is 0. The Morgan fingerprint density at radius 2 is 2.00 bits per heavy atom. The zero-order chi connectivity index (χ0) is 10.2. The maximum absolute atomic E-state index is 11.3. The van der Waals surface area contributed by atoms with E-state index in [0.29, 0.717) is 17.5 Å². The summed E-state index contributed by atoms with van der Waals surface area (Å²) in [5, 5.41) is 3.50. The fourth-order valence-electron chi connectivity index (χ4n) is 2.62. The van der Waals surface area contributed by atoms with Gasteiger partial charge in [-0.05, 0) is 25.2 Å². The zero-order valence-electron chi connectivity index (χ0n) is 8.70. The van der Waals surface area contributed by atoms with Gasteiger partial charge in [-0.1, -0.05) is 13.3 Å². The molecular weight excluding hydrogens is 198 g/mol. The van der Waals surface area contributed by atoms with Crippen molar-refractivity contribution in [3.63, 3.8) is 0 Å². The summed E-state index contributed by atoms with van der Waals surface area (Å²) in [7, 11) is -2.72. The van der Waals surface area contributed by atoms with Gasteiger partial charge in [0.1, 0.15) is 0 Å². The Bertz CT molecular complexity index is 299. The van der Waals surface area contributed by atoms with E-state index in [1.165, 1.54) is 19.3 Å². The van der Waals surface area contributed by atoms with Gasteiger partial charge in [-0.15, -0.1) is 0 Å². The maximum Gasteiger partial charge on any atom is 0.151 e. The van der Waals surface area contributed by atoms with E-state index in [2.05, 4.69) is 12.2 Å². The minimum atomic E-state index is -2.72. The van der Waals surface area contributed by atoms with Crippen molar-refractivity contribution < 1.29 is 8.42 Å². The Morgan fingerprint density at radius 1 is 1.21 bits per heavy atom. The Balaban J connectivity index is 1.87. The van der Waals surface area contributed by atoms with Gasteiger partial charge in [0.2, 0.25) is 0 Å². The predicted octanol–water partition coefficient (Wildman–Crippen LogP) is 0.952. The molecule has 0 aromatic carbocycles. The van der Waals surface area contributed by atoms with Gasteiger partial charge in [0.25, 0.3) is 0 Å². The molecule has 1 heterocycles. The number of sulfone groups is 1. The Hall–Kier alpha value is -0.0900. The van der Waals surface area contributed by atoms with Crippen LogP contribution in [0.1, 0.15) is 32.6 Å². The van der Waals surface area contributed by atoms with Crippen LogP contribution in [0.15, 0.2) is 0 Å². The van der Waals surface area contributed by atoms with Crippen molar-refractivity contribution in [1.82, 2.24) is 5.32 Å². The van der Waals surface area contributed by atoms with Crippen LogP contribution in [0.5, 0.6) is 0 Å². The third kappa shape index (κ3) is 2.28. The van der Waals surface area contributed by atoms with E-state index in [1.807, 2.05) is 0 Å². The van der Waals surface area contributed by atoms with Gasteiger partial charge in [0.15, 0.2) is 9.84 Å². The van der Waals surface area contributed by atoms with Crippen molar-refractivity contribution in [2.24, 2.45) is 5.92 Å². The molecule has 2 aliphatic rings. The summed E-state index contributed by atoms with van der Waals surface area (Å²) in [6.45, 7) is 2.26.